The number of imidazole rings is 1. The molecule has 0 amide bonds. The van der Waals surface area contributed by atoms with E-state index < -0.39 is 0 Å². The molecule has 2 rings (SSSR count). The van der Waals surface area contributed by atoms with E-state index in [1.807, 2.05) is 29.2 Å². The van der Waals surface area contributed by atoms with E-state index in [0.29, 0.717) is 0 Å². The van der Waals surface area contributed by atoms with Gasteiger partial charge in [0.05, 0.1) is 0 Å². The van der Waals surface area contributed by atoms with Crippen molar-refractivity contribution in [3.05, 3.63) is 41.2 Å². The summed E-state index contributed by atoms with van der Waals surface area (Å²) < 4.78 is 2.81. The second-order valence-corrected chi connectivity index (χ2v) is 3.29. The minimum Gasteiger partial charge on any atom is -0.365 e. The van der Waals surface area contributed by atoms with Crippen molar-refractivity contribution in [2.45, 2.75) is 13.0 Å². The number of hydrogen-bond acceptors (Lipinski definition) is 1. The van der Waals surface area contributed by atoms with Gasteiger partial charge in [-0.3, -0.25) is 0 Å². The van der Waals surface area contributed by atoms with Gasteiger partial charge in [-0.2, -0.15) is 0 Å². The largest absolute Gasteiger partial charge is 0.365 e. The predicted molar refractivity (Wildman–Crippen MR) is 54.1 cm³/mol. The van der Waals surface area contributed by atoms with Gasteiger partial charge in [0.25, 0.3) is 0 Å². The van der Waals surface area contributed by atoms with Crippen LogP contribution in [0.5, 0.6) is 0 Å². The lowest BCUT2D eigenvalue weighted by Gasteiger charge is -1.99. The fraction of sp³-hybridized carbons (Fsp3) is 0.222. The Morgan fingerprint density at radius 3 is 2.85 bits per heavy atom. The normalized spacial score (nSPS) is 10.5. The number of nitrogens with one attached hydrogen (secondary N) is 2. The molecule has 0 saturated heterocycles. The Kier molecular flexibility index (Phi) is 2.31. The number of aromatic nitrogens is 3. The second kappa shape index (κ2) is 3.62. The first-order valence-electron chi connectivity index (χ1n) is 4.22. The third-order valence-electron chi connectivity index (χ3n) is 2.01. The van der Waals surface area contributed by atoms with Gasteiger partial charge >= 0.3 is 0 Å². The molecule has 0 spiro atoms. The van der Waals surface area contributed by atoms with Crippen molar-refractivity contribution in [3.63, 3.8) is 0 Å². The third-order valence-corrected chi connectivity index (χ3v) is 2.36. The summed E-state index contributed by atoms with van der Waals surface area (Å²) in [6.07, 6.45) is 6.74. The lowest BCUT2D eigenvalue weighted by Crippen LogP contribution is -1.99. The molecule has 0 atom stereocenters. The molecule has 13 heavy (non-hydrogen) atoms. The maximum Gasteiger partial charge on any atom is 0.177 e. The van der Waals surface area contributed by atoms with Crippen LogP contribution in [0.1, 0.15) is 5.69 Å². The minimum absolute atomic E-state index is 0.784. The quantitative estimate of drug-likeness (QED) is 0.720. The van der Waals surface area contributed by atoms with Crippen molar-refractivity contribution in [2.24, 2.45) is 0 Å². The van der Waals surface area contributed by atoms with Crippen LogP contribution in [-0.2, 0) is 13.0 Å². The fourth-order valence-electron chi connectivity index (χ4n) is 1.29. The van der Waals surface area contributed by atoms with Crippen LogP contribution in [0, 0.1) is 4.77 Å². The Labute approximate surface area is 81.4 Å². The SMILES string of the molecule is S=c1[nH]ccn1CCc1ccc[nH]1. The average molecular weight is 193 g/mol. The maximum absolute atomic E-state index is 5.08. The van der Waals surface area contributed by atoms with Crippen LogP contribution in [0.3, 0.4) is 0 Å². The molecule has 0 saturated carbocycles. The van der Waals surface area contributed by atoms with Crippen molar-refractivity contribution in [3.8, 4) is 0 Å². The summed E-state index contributed by atoms with van der Waals surface area (Å²) in [5.41, 5.74) is 1.24. The summed E-state index contributed by atoms with van der Waals surface area (Å²) in [7, 11) is 0. The topological polar surface area (TPSA) is 36.5 Å². The van der Waals surface area contributed by atoms with Crippen LogP contribution in [0.2, 0.25) is 0 Å². The van der Waals surface area contributed by atoms with Crippen LogP contribution in [0.4, 0.5) is 0 Å². The van der Waals surface area contributed by atoms with Gasteiger partial charge < -0.3 is 14.5 Å². The molecule has 3 nitrogen and oxygen atoms in total. The van der Waals surface area contributed by atoms with Crippen LogP contribution < -0.4 is 0 Å². The Hall–Kier alpha value is -1.29. The van der Waals surface area contributed by atoms with E-state index >= 15 is 0 Å². The Morgan fingerprint density at radius 2 is 2.23 bits per heavy atom. The molecular formula is C9H11N3S. The highest BCUT2D eigenvalue weighted by Gasteiger charge is 1.95. The third kappa shape index (κ3) is 1.89. The zero-order valence-corrected chi connectivity index (χ0v) is 7.97. The Balaban J connectivity index is 2.01. The molecule has 2 aromatic rings. The second-order valence-electron chi connectivity index (χ2n) is 2.90. The lowest BCUT2D eigenvalue weighted by molar-refractivity contribution is 0.678. The molecule has 0 fully saturated rings. The molecule has 0 aromatic carbocycles. The number of nitrogens with zero attached hydrogens (tertiary/aromatic N) is 1. The molecule has 0 aliphatic rings. The van der Waals surface area contributed by atoms with E-state index in [1.165, 1.54) is 5.69 Å². The highest BCUT2D eigenvalue weighted by atomic mass is 32.1. The van der Waals surface area contributed by atoms with Crippen molar-refractivity contribution in [1.82, 2.24) is 14.5 Å². The highest BCUT2D eigenvalue weighted by Crippen LogP contribution is 1.99. The average Bonchev–Trinajstić information content (AvgIpc) is 2.72. The zero-order chi connectivity index (χ0) is 9.10. The molecule has 0 unspecified atom stereocenters. The van der Waals surface area contributed by atoms with Gasteiger partial charge in [-0.05, 0) is 24.4 Å². The fourth-order valence-corrected chi connectivity index (χ4v) is 1.51. The first-order valence-corrected chi connectivity index (χ1v) is 4.63. The summed E-state index contributed by atoms with van der Waals surface area (Å²) in [5, 5.41) is 0. The van der Waals surface area contributed by atoms with Crippen molar-refractivity contribution in [1.29, 1.82) is 0 Å². The number of H-pyrrole nitrogens is 2. The van der Waals surface area contributed by atoms with Crippen LogP contribution in [-0.4, -0.2) is 14.5 Å². The summed E-state index contributed by atoms with van der Waals surface area (Å²) in [6, 6.07) is 4.09. The zero-order valence-electron chi connectivity index (χ0n) is 7.16. The molecule has 0 aliphatic heterocycles. The van der Waals surface area contributed by atoms with Gasteiger partial charge in [-0.15, -0.1) is 0 Å². The molecule has 0 radical (unpaired) electrons. The minimum atomic E-state index is 0.784. The molecule has 2 N–H and O–H groups in total. The van der Waals surface area contributed by atoms with E-state index in [2.05, 4.69) is 16.0 Å². The molecular weight excluding hydrogens is 182 g/mol. The summed E-state index contributed by atoms with van der Waals surface area (Å²) >= 11 is 5.08. The monoisotopic (exact) mass is 193 g/mol. The number of hydrogen-bond donors (Lipinski definition) is 2. The number of aromatic amines is 2. The summed E-state index contributed by atoms with van der Waals surface area (Å²) in [4.78, 5) is 6.13. The van der Waals surface area contributed by atoms with E-state index in [1.54, 1.807) is 0 Å². The van der Waals surface area contributed by atoms with Crippen LogP contribution in [0.25, 0.3) is 0 Å². The number of rotatable bonds is 3. The van der Waals surface area contributed by atoms with E-state index in [4.69, 9.17) is 12.2 Å². The standard InChI is InChI=1S/C9H11N3S/c13-9-11-5-7-12(9)6-3-8-2-1-4-10-8/h1-2,4-5,7,10H,3,6H2,(H,11,13). The first kappa shape index (κ1) is 8.31. The Morgan fingerprint density at radius 1 is 1.31 bits per heavy atom. The maximum atomic E-state index is 5.08. The van der Waals surface area contributed by atoms with E-state index in [9.17, 15) is 0 Å². The van der Waals surface area contributed by atoms with Gasteiger partial charge in [-0.1, -0.05) is 0 Å². The highest BCUT2D eigenvalue weighted by molar-refractivity contribution is 7.71. The van der Waals surface area contributed by atoms with E-state index in [0.717, 1.165) is 17.7 Å². The molecule has 0 aliphatic carbocycles. The first-order chi connectivity index (χ1) is 6.36. The molecule has 68 valence electrons. The smallest absolute Gasteiger partial charge is 0.177 e. The summed E-state index contributed by atoms with van der Waals surface area (Å²) in [5.74, 6) is 0. The lowest BCUT2D eigenvalue weighted by atomic mass is 10.3. The van der Waals surface area contributed by atoms with Gasteiger partial charge in [0.1, 0.15) is 0 Å². The molecule has 0 bridgehead atoms. The van der Waals surface area contributed by atoms with Gasteiger partial charge in [0, 0.05) is 37.3 Å². The van der Waals surface area contributed by atoms with Gasteiger partial charge in [0.15, 0.2) is 4.77 Å². The number of aryl methyl sites for hydroxylation is 2. The molecule has 4 heteroatoms. The predicted octanol–water partition coefficient (Wildman–Crippen LogP) is 2.12. The van der Waals surface area contributed by atoms with Crippen molar-refractivity contribution < 1.29 is 0 Å². The van der Waals surface area contributed by atoms with Gasteiger partial charge in [-0.25, -0.2) is 0 Å². The summed E-state index contributed by atoms with van der Waals surface area (Å²) in [6.45, 7) is 0.919. The molecule has 2 aromatic heterocycles. The van der Waals surface area contributed by atoms with E-state index in [-0.39, 0.29) is 0 Å². The molecule has 2 heterocycles. The van der Waals surface area contributed by atoms with Crippen LogP contribution >= 0.6 is 12.2 Å². The van der Waals surface area contributed by atoms with Crippen molar-refractivity contribution >= 4 is 12.2 Å². The van der Waals surface area contributed by atoms with Crippen LogP contribution in [0.15, 0.2) is 30.7 Å². The van der Waals surface area contributed by atoms with Crippen molar-refractivity contribution in [2.75, 3.05) is 0 Å². The Bertz CT molecular complexity index is 410. The van der Waals surface area contributed by atoms with Gasteiger partial charge in [0.2, 0.25) is 0 Å².